The zero-order valence-corrected chi connectivity index (χ0v) is 19.4. The summed E-state index contributed by atoms with van der Waals surface area (Å²) in [6, 6.07) is 14.2. The number of oxazole rings is 1. The van der Waals surface area contributed by atoms with Gasteiger partial charge in [0.05, 0.1) is 38.2 Å². The Balaban J connectivity index is 1.44. The first-order valence-electron chi connectivity index (χ1n) is 11.1. The molecule has 2 heterocycles. The van der Waals surface area contributed by atoms with E-state index in [-0.39, 0.29) is 6.10 Å². The Kier molecular flexibility index (Phi) is 7.12. The predicted molar refractivity (Wildman–Crippen MR) is 124 cm³/mol. The average Bonchev–Trinajstić information content (AvgIpc) is 3.18. The van der Waals surface area contributed by atoms with Crippen molar-refractivity contribution in [2.75, 3.05) is 27.3 Å². The lowest BCUT2D eigenvalue weighted by atomic mass is 10.1. The van der Waals surface area contributed by atoms with Gasteiger partial charge >= 0.3 is 0 Å². The lowest BCUT2D eigenvalue weighted by Gasteiger charge is -2.32. The Labute approximate surface area is 190 Å². The summed E-state index contributed by atoms with van der Waals surface area (Å²) in [6.07, 6.45) is 2.45. The first-order chi connectivity index (χ1) is 15.6. The van der Waals surface area contributed by atoms with Crippen LogP contribution in [0.1, 0.15) is 35.4 Å². The van der Waals surface area contributed by atoms with Crippen LogP contribution in [0.3, 0.4) is 0 Å². The van der Waals surface area contributed by atoms with Gasteiger partial charge in [-0.25, -0.2) is 4.98 Å². The molecule has 170 valence electrons. The summed E-state index contributed by atoms with van der Waals surface area (Å²) >= 11 is 0. The maximum Gasteiger partial charge on any atom is 0.230 e. The molecule has 1 saturated heterocycles. The Morgan fingerprint density at radius 3 is 2.62 bits per heavy atom. The third-order valence-electron chi connectivity index (χ3n) is 6.07. The largest absolute Gasteiger partial charge is 0.496 e. The highest BCUT2D eigenvalue weighted by atomic mass is 16.5. The van der Waals surface area contributed by atoms with E-state index in [1.54, 1.807) is 14.2 Å². The fourth-order valence-corrected chi connectivity index (χ4v) is 4.31. The molecule has 6 heteroatoms. The molecule has 0 spiro atoms. The zero-order chi connectivity index (χ0) is 22.5. The Hall–Kier alpha value is -2.83. The fraction of sp³-hybridized carbons (Fsp3) is 0.423. The van der Waals surface area contributed by atoms with Gasteiger partial charge in [-0.05, 0) is 50.9 Å². The van der Waals surface area contributed by atoms with Gasteiger partial charge in [0.15, 0.2) is 0 Å². The number of benzene rings is 2. The smallest absolute Gasteiger partial charge is 0.230 e. The monoisotopic (exact) mass is 436 g/mol. The minimum atomic E-state index is 0.236. The maximum atomic E-state index is 6.19. The number of hydrogen-bond donors (Lipinski definition) is 0. The number of piperidine rings is 1. The molecule has 0 saturated carbocycles. The van der Waals surface area contributed by atoms with E-state index in [2.05, 4.69) is 29.2 Å². The van der Waals surface area contributed by atoms with Crippen LogP contribution in [0.4, 0.5) is 0 Å². The van der Waals surface area contributed by atoms with Gasteiger partial charge in [-0.1, -0.05) is 30.3 Å². The van der Waals surface area contributed by atoms with Crippen molar-refractivity contribution < 1.29 is 18.6 Å². The molecule has 32 heavy (non-hydrogen) atoms. The minimum absolute atomic E-state index is 0.236. The summed E-state index contributed by atoms with van der Waals surface area (Å²) in [4.78, 5) is 7.24. The normalized spacial score (nSPS) is 16.8. The molecule has 1 aromatic heterocycles. The number of likely N-dealkylation sites (tertiary alicyclic amines) is 1. The number of methoxy groups -OCH3 is 2. The van der Waals surface area contributed by atoms with Crippen molar-refractivity contribution in [2.24, 2.45) is 0 Å². The van der Waals surface area contributed by atoms with E-state index < -0.39 is 0 Å². The molecule has 2 aromatic carbocycles. The van der Waals surface area contributed by atoms with Gasteiger partial charge in [-0.15, -0.1) is 0 Å². The number of aromatic nitrogens is 1. The van der Waals surface area contributed by atoms with Gasteiger partial charge in [-0.2, -0.15) is 0 Å². The van der Waals surface area contributed by atoms with E-state index in [9.17, 15) is 0 Å². The molecule has 3 aromatic rings. The molecule has 1 fully saturated rings. The molecule has 1 aliphatic heterocycles. The molecule has 6 nitrogen and oxygen atoms in total. The Morgan fingerprint density at radius 1 is 1.06 bits per heavy atom. The van der Waals surface area contributed by atoms with Crippen LogP contribution >= 0.6 is 0 Å². The second kappa shape index (κ2) is 10.2. The van der Waals surface area contributed by atoms with E-state index in [1.807, 2.05) is 32.0 Å². The molecular weight excluding hydrogens is 404 g/mol. The van der Waals surface area contributed by atoms with Gasteiger partial charge in [0.2, 0.25) is 5.89 Å². The quantitative estimate of drug-likeness (QED) is 0.486. The van der Waals surface area contributed by atoms with Crippen LogP contribution in [0.5, 0.6) is 11.5 Å². The summed E-state index contributed by atoms with van der Waals surface area (Å²) in [5.74, 6) is 2.92. The molecule has 1 atom stereocenters. The van der Waals surface area contributed by atoms with Gasteiger partial charge in [0.1, 0.15) is 17.3 Å². The number of hydrogen-bond acceptors (Lipinski definition) is 6. The summed E-state index contributed by atoms with van der Waals surface area (Å²) in [7, 11) is 3.32. The number of nitrogens with zero attached hydrogens (tertiary/aromatic N) is 2. The lowest BCUT2D eigenvalue weighted by Crippen LogP contribution is -2.39. The molecule has 1 aliphatic rings. The van der Waals surface area contributed by atoms with E-state index in [1.165, 1.54) is 5.56 Å². The standard InChI is InChI=1S/C26H32N2O4/c1-18-24(29-3)13-12-22(25(18)30-4)26-27-23(19(2)32-26)16-28-14-8-11-21(15-28)31-17-20-9-6-5-7-10-20/h5-7,9-10,12-13,21H,8,11,14-17H2,1-4H3. The van der Waals surface area contributed by atoms with Crippen LogP contribution in [0.25, 0.3) is 11.5 Å². The van der Waals surface area contributed by atoms with Crippen molar-refractivity contribution >= 4 is 0 Å². The van der Waals surface area contributed by atoms with Crippen LogP contribution in [0, 0.1) is 13.8 Å². The molecule has 0 radical (unpaired) electrons. The molecule has 0 aliphatic carbocycles. The number of rotatable bonds is 8. The van der Waals surface area contributed by atoms with Gasteiger partial charge in [-0.3, -0.25) is 4.90 Å². The second-order valence-corrected chi connectivity index (χ2v) is 8.29. The second-order valence-electron chi connectivity index (χ2n) is 8.29. The van der Waals surface area contributed by atoms with Crippen molar-refractivity contribution in [1.29, 1.82) is 0 Å². The fourth-order valence-electron chi connectivity index (χ4n) is 4.31. The summed E-state index contributed by atoms with van der Waals surface area (Å²) in [5.41, 5.74) is 3.94. The Bertz CT molecular complexity index is 1030. The third-order valence-corrected chi connectivity index (χ3v) is 6.07. The highest BCUT2D eigenvalue weighted by molar-refractivity contribution is 5.68. The number of ether oxygens (including phenoxy) is 3. The van der Waals surface area contributed by atoms with Gasteiger partial charge in [0, 0.05) is 18.7 Å². The zero-order valence-electron chi connectivity index (χ0n) is 19.4. The van der Waals surface area contributed by atoms with E-state index >= 15 is 0 Å². The van der Waals surface area contributed by atoms with Crippen LogP contribution < -0.4 is 9.47 Å². The van der Waals surface area contributed by atoms with Crippen LogP contribution in [0.15, 0.2) is 46.9 Å². The summed E-state index contributed by atoms with van der Waals surface area (Å²) in [5, 5.41) is 0. The highest BCUT2D eigenvalue weighted by Crippen LogP contribution is 2.38. The van der Waals surface area contributed by atoms with Gasteiger partial charge < -0.3 is 18.6 Å². The molecule has 0 bridgehead atoms. The minimum Gasteiger partial charge on any atom is -0.496 e. The highest BCUT2D eigenvalue weighted by Gasteiger charge is 2.24. The topological polar surface area (TPSA) is 57.0 Å². The lowest BCUT2D eigenvalue weighted by molar-refractivity contribution is -0.0123. The van der Waals surface area contributed by atoms with Crippen molar-refractivity contribution in [3.8, 4) is 23.0 Å². The van der Waals surface area contributed by atoms with E-state index in [0.29, 0.717) is 12.5 Å². The Morgan fingerprint density at radius 2 is 1.88 bits per heavy atom. The maximum absolute atomic E-state index is 6.19. The molecule has 4 rings (SSSR count). The number of aryl methyl sites for hydroxylation is 1. The third kappa shape index (κ3) is 4.97. The molecule has 1 unspecified atom stereocenters. The average molecular weight is 437 g/mol. The van der Waals surface area contributed by atoms with Gasteiger partial charge in [0.25, 0.3) is 0 Å². The van der Waals surface area contributed by atoms with E-state index in [0.717, 1.165) is 66.6 Å². The molecule has 0 N–H and O–H groups in total. The van der Waals surface area contributed by atoms with Crippen LogP contribution in [-0.2, 0) is 17.9 Å². The van der Waals surface area contributed by atoms with Crippen molar-refractivity contribution in [2.45, 2.75) is 45.9 Å². The predicted octanol–water partition coefficient (Wildman–Crippen LogP) is 5.16. The van der Waals surface area contributed by atoms with E-state index in [4.69, 9.17) is 23.6 Å². The van der Waals surface area contributed by atoms with Crippen molar-refractivity contribution in [3.63, 3.8) is 0 Å². The summed E-state index contributed by atoms with van der Waals surface area (Å²) in [6.45, 7) is 7.29. The van der Waals surface area contributed by atoms with Crippen molar-refractivity contribution in [1.82, 2.24) is 9.88 Å². The first-order valence-corrected chi connectivity index (χ1v) is 11.1. The molecule has 0 amide bonds. The SMILES string of the molecule is COc1ccc(-c2nc(CN3CCCC(OCc4ccccc4)C3)c(C)o2)c(OC)c1C. The van der Waals surface area contributed by atoms with Crippen molar-refractivity contribution in [3.05, 3.63) is 65.0 Å². The first kappa shape index (κ1) is 22.4. The van der Waals surface area contributed by atoms with Crippen LogP contribution in [0.2, 0.25) is 0 Å². The van der Waals surface area contributed by atoms with Crippen LogP contribution in [-0.4, -0.2) is 43.3 Å². The molecular formula is C26H32N2O4. The summed E-state index contributed by atoms with van der Waals surface area (Å²) < 4.78 is 23.3.